The summed E-state index contributed by atoms with van der Waals surface area (Å²) in [5, 5.41) is 5.71. The predicted octanol–water partition coefficient (Wildman–Crippen LogP) is 7.86. The van der Waals surface area contributed by atoms with Crippen molar-refractivity contribution in [2.75, 3.05) is 5.32 Å². The summed E-state index contributed by atoms with van der Waals surface area (Å²) < 4.78 is 5.47. The number of hydrogen-bond donors (Lipinski definition) is 1. The molecule has 0 aliphatic heterocycles. The van der Waals surface area contributed by atoms with E-state index < -0.39 is 0 Å². The number of benzene rings is 2. The quantitative estimate of drug-likeness (QED) is 0.196. The number of allylic oxidation sites excluding steroid dienone is 1. The molecule has 0 saturated carbocycles. The van der Waals surface area contributed by atoms with Crippen molar-refractivity contribution >= 4 is 22.4 Å². The Bertz CT molecular complexity index is 776. The van der Waals surface area contributed by atoms with Crippen LogP contribution in [0.25, 0.3) is 10.8 Å². The molecule has 3 nitrogen and oxygen atoms in total. The van der Waals surface area contributed by atoms with Gasteiger partial charge in [0.15, 0.2) is 0 Å². The summed E-state index contributed by atoms with van der Waals surface area (Å²) in [6.45, 7) is 6.50. The lowest BCUT2D eigenvalue weighted by Gasteiger charge is -2.20. The van der Waals surface area contributed by atoms with Gasteiger partial charge in [0.25, 0.3) is 0 Å². The number of esters is 1. The van der Waals surface area contributed by atoms with Gasteiger partial charge in [0.1, 0.15) is 6.04 Å². The van der Waals surface area contributed by atoms with Crippen LogP contribution < -0.4 is 5.32 Å². The highest BCUT2D eigenvalue weighted by atomic mass is 16.5. The second-order valence-electron chi connectivity index (χ2n) is 8.57. The number of carbonyl (C=O) groups is 1. The van der Waals surface area contributed by atoms with Crippen molar-refractivity contribution in [3.05, 3.63) is 54.8 Å². The fourth-order valence-corrected chi connectivity index (χ4v) is 3.71. The zero-order valence-electron chi connectivity index (χ0n) is 19.0. The highest BCUT2D eigenvalue weighted by Gasteiger charge is 2.21. The Morgan fingerprint density at radius 1 is 0.967 bits per heavy atom. The van der Waals surface area contributed by atoms with Crippen molar-refractivity contribution in [1.29, 1.82) is 0 Å². The van der Waals surface area contributed by atoms with E-state index >= 15 is 0 Å². The molecule has 0 bridgehead atoms. The fraction of sp³-hybridized carbons (Fsp3) is 0.519. The Kier molecular flexibility index (Phi) is 11.1. The van der Waals surface area contributed by atoms with E-state index in [2.05, 4.69) is 44.3 Å². The molecule has 0 heterocycles. The van der Waals surface area contributed by atoms with Gasteiger partial charge in [-0.25, -0.2) is 4.79 Å². The third-order valence-corrected chi connectivity index (χ3v) is 5.37. The molecule has 30 heavy (non-hydrogen) atoms. The van der Waals surface area contributed by atoms with Gasteiger partial charge < -0.3 is 10.1 Å². The average Bonchev–Trinajstić information content (AvgIpc) is 2.74. The molecule has 1 atom stereocenters. The highest BCUT2D eigenvalue weighted by Crippen LogP contribution is 2.25. The van der Waals surface area contributed by atoms with Crippen molar-refractivity contribution in [1.82, 2.24) is 0 Å². The summed E-state index contributed by atoms with van der Waals surface area (Å²) in [6.07, 6.45) is 14.3. The Morgan fingerprint density at radius 3 is 2.43 bits per heavy atom. The van der Waals surface area contributed by atoms with Crippen LogP contribution in [0, 0.1) is 5.92 Å². The molecular formula is C27H39NO2. The van der Waals surface area contributed by atoms with E-state index in [0.29, 0.717) is 5.92 Å². The first kappa shape index (κ1) is 24.0. The molecular weight excluding hydrogens is 370 g/mol. The number of rotatable bonds is 14. The topological polar surface area (TPSA) is 38.3 Å². The van der Waals surface area contributed by atoms with Gasteiger partial charge in [-0.15, -0.1) is 0 Å². The number of fused-ring (bicyclic) bond motifs is 1. The fourth-order valence-electron chi connectivity index (χ4n) is 3.71. The zero-order valence-corrected chi connectivity index (χ0v) is 19.0. The first-order valence-corrected chi connectivity index (χ1v) is 11.7. The Labute approximate surface area is 182 Å². The molecule has 0 spiro atoms. The van der Waals surface area contributed by atoms with Crippen LogP contribution in [0.5, 0.6) is 0 Å². The van der Waals surface area contributed by atoms with Crippen molar-refractivity contribution < 1.29 is 9.53 Å². The largest absolute Gasteiger partial charge is 0.433 e. The second kappa shape index (κ2) is 13.8. The summed E-state index contributed by atoms with van der Waals surface area (Å²) in [6, 6.07) is 14.0. The van der Waals surface area contributed by atoms with E-state index in [9.17, 15) is 4.79 Å². The van der Waals surface area contributed by atoms with Crippen LogP contribution in [0.15, 0.2) is 54.8 Å². The Hall–Kier alpha value is -2.29. The van der Waals surface area contributed by atoms with Gasteiger partial charge in [-0.3, -0.25) is 0 Å². The van der Waals surface area contributed by atoms with Crippen LogP contribution in [-0.2, 0) is 9.53 Å². The van der Waals surface area contributed by atoms with Gasteiger partial charge in [0, 0.05) is 11.1 Å². The van der Waals surface area contributed by atoms with Crippen LogP contribution in [0.4, 0.5) is 5.69 Å². The molecule has 164 valence electrons. The molecule has 0 aromatic heterocycles. The first-order valence-electron chi connectivity index (χ1n) is 11.7. The van der Waals surface area contributed by atoms with Gasteiger partial charge in [0.05, 0.1) is 6.26 Å². The van der Waals surface area contributed by atoms with Gasteiger partial charge >= 0.3 is 5.97 Å². The minimum absolute atomic E-state index is 0.215. The molecule has 0 amide bonds. The molecule has 0 radical (unpaired) electrons. The SMILES string of the molecule is CCCCCCCCCC=COC(=O)[C@H](CC(C)C)Nc1cccc2ccccc12. The van der Waals surface area contributed by atoms with Crippen molar-refractivity contribution in [2.24, 2.45) is 5.92 Å². The molecule has 0 saturated heterocycles. The van der Waals surface area contributed by atoms with Gasteiger partial charge in [-0.2, -0.15) is 0 Å². The van der Waals surface area contributed by atoms with Crippen LogP contribution >= 0.6 is 0 Å². The minimum Gasteiger partial charge on any atom is -0.433 e. The van der Waals surface area contributed by atoms with Crippen LogP contribution in [0.2, 0.25) is 0 Å². The van der Waals surface area contributed by atoms with Crippen LogP contribution in [-0.4, -0.2) is 12.0 Å². The van der Waals surface area contributed by atoms with Gasteiger partial charge in [-0.05, 0) is 42.7 Å². The molecule has 0 fully saturated rings. The lowest BCUT2D eigenvalue weighted by Crippen LogP contribution is -2.32. The smallest absolute Gasteiger partial charge is 0.333 e. The Morgan fingerprint density at radius 2 is 1.67 bits per heavy atom. The molecule has 0 aliphatic rings. The van der Waals surface area contributed by atoms with E-state index in [1.807, 2.05) is 30.3 Å². The minimum atomic E-state index is -0.362. The van der Waals surface area contributed by atoms with Crippen molar-refractivity contribution in [2.45, 2.75) is 84.6 Å². The van der Waals surface area contributed by atoms with Gasteiger partial charge in [0.2, 0.25) is 0 Å². The van der Waals surface area contributed by atoms with E-state index in [4.69, 9.17) is 4.74 Å². The lowest BCUT2D eigenvalue weighted by atomic mass is 10.0. The maximum atomic E-state index is 12.7. The van der Waals surface area contributed by atoms with E-state index in [0.717, 1.165) is 35.7 Å². The maximum Gasteiger partial charge on any atom is 0.333 e. The van der Waals surface area contributed by atoms with E-state index in [-0.39, 0.29) is 12.0 Å². The van der Waals surface area contributed by atoms with Gasteiger partial charge in [-0.1, -0.05) is 95.7 Å². The summed E-state index contributed by atoms with van der Waals surface area (Å²) in [4.78, 5) is 12.7. The number of nitrogens with one attached hydrogen (secondary N) is 1. The number of hydrogen-bond acceptors (Lipinski definition) is 3. The van der Waals surface area contributed by atoms with Crippen LogP contribution in [0.1, 0.15) is 78.6 Å². The maximum absolute atomic E-state index is 12.7. The molecule has 0 aliphatic carbocycles. The van der Waals surface area contributed by atoms with Crippen molar-refractivity contribution in [3.8, 4) is 0 Å². The number of unbranched alkanes of at least 4 members (excludes halogenated alkanes) is 7. The predicted molar refractivity (Wildman–Crippen MR) is 129 cm³/mol. The highest BCUT2D eigenvalue weighted by molar-refractivity contribution is 5.95. The molecule has 1 N–H and O–H groups in total. The third-order valence-electron chi connectivity index (χ3n) is 5.37. The standard InChI is InChI=1S/C27H39NO2/c1-4-5-6-7-8-9-10-11-14-20-30-27(29)26(21-22(2)3)28-25-19-15-17-23-16-12-13-18-24(23)25/h12-20,22,26,28H,4-11,21H2,1-3H3/t26-/m0/s1. The Balaban J connectivity index is 1.83. The third kappa shape index (κ3) is 8.61. The molecule has 0 unspecified atom stereocenters. The van der Waals surface area contributed by atoms with Crippen LogP contribution in [0.3, 0.4) is 0 Å². The summed E-state index contributed by atoms with van der Waals surface area (Å²) in [5.41, 5.74) is 0.975. The summed E-state index contributed by atoms with van der Waals surface area (Å²) >= 11 is 0. The first-order chi connectivity index (χ1) is 14.6. The number of anilines is 1. The average molecular weight is 410 g/mol. The van der Waals surface area contributed by atoms with E-state index in [1.54, 1.807) is 6.26 Å². The monoisotopic (exact) mass is 409 g/mol. The van der Waals surface area contributed by atoms with E-state index in [1.165, 1.54) is 38.5 Å². The molecule has 2 rings (SSSR count). The van der Waals surface area contributed by atoms with Crippen molar-refractivity contribution in [3.63, 3.8) is 0 Å². The normalized spacial score (nSPS) is 12.5. The number of ether oxygens (including phenoxy) is 1. The molecule has 2 aromatic carbocycles. The lowest BCUT2D eigenvalue weighted by molar-refractivity contribution is -0.139. The molecule has 3 heteroatoms. The molecule has 2 aromatic rings. The summed E-state index contributed by atoms with van der Waals surface area (Å²) in [7, 11) is 0. The zero-order chi connectivity index (χ0) is 21.6. The number of carbonyl (C=O) groups excluding carboxylic acids is 1. The summed E-state index contributed by atoms with van der Waals surface area (Å²) in [5.74, 6) is 0.175. The second-order valence-corrected chi connectivity index (χ2v) is 8.57.